The number of guanidine groups is 1. The minimum Gasteiger partial charge on any atom is -0.468 e. The Kier molecular flexibility index (Phi) is 7.46. The van der Waals surface area contributed by atoms with Gasteiger partial charge in [-0.25, -0.2) is 0 Å². The molecule has 2 N–H and O–H groups in total. The second-order valence-electron chi connectivity index (χ2n) is 6.67. The van der Waals surface area contributed by atoms with E-state index < -0.39 is 0 Å². The van der Waals surface area contributed by atoms with Crippen molar-refractivity contribution in [3.63, 3.8) is 0 Å². The molecule has 5 nitrogen and oxygen atoms in total. The van der Waals surface area contributed by atoms with E-state index in [2.05, 4.69) is 34.6 Å². The number of rotatable bonds is 8. The largest absolute Gasteiger partial charge is 0.468 e. The lowest BCUT2D eigenvalue weighted by atomic mass is 10.0. The van der Waals surface area contributed by atoms with Crippen LogP contribution >= 0.6 is 0 Å². The van der Waals surface area contributed by atoms with Crippen molar-refractivity contribution in [2.75, 3.05) is 34.2 Å². The van der Waals surface area contributed by atoms with Crippen LogP contribution in [0.2, 0.25) is 0 Å². The van der Waals surface area contributed by atoms with E-state index in [0.29, 0.717) is 0 Å². The summed E-state index contributed by atoms with van der Waals surface area (Å²) >= 11 is 0. The smallest absolute Gasteiger partial charge is 0.191 e. The maximum absolute atomic E-state index is 5.54. The van der Waals surface area contributed by atoms with Gasteiger partial charge in [0.05, 0.1) is 12.3 Å². The molecule has 0 saturated heterocycles. The Morgan fingerprint density at radius 3 is 2.74 bits per heavy atom. The molecule has 1 aliphatic rings. The van der Waals surface area contributed by atoms with Crippen LogP contribution in [0.15, 0.2) is 27.8 Å². The number of furan rings is 1. The highest BCUT2D eigenvalue weighted by Gasteiger charge is 2.17. The lowest BCUT2D eigenvalue weighted by molar-refractivity contribution is 0.258. The Morgan fingerprint density at radius 1 is 1.35 bits per heavy atom. The van der Waals surface area contributed by atoms with Gasteiger partial charge >= 0.3 is 0 Å². The fourth-order valence-corrected chi connectivity index (χ4v) is 3.33. The van der Waals surface area contributed by atoms with Gasteiger partial charge in [0.15, 0.2) is 5.96 Å². The summed E-state index contributed by atoms with van der Waals surface area (Å²) in [6.07, 6.45) is 10.0. The predicted molar refractivity (Wildman–Crippen MR) is 95.7 cm³/mol. The molecule has 1 saturated carbocycles. The Hall–Kier alpha value is -1.49. The van der Waals surface area contributed by atoms with Crippen LogP contribution in [-0.2, 0) is 0 Å². The summed E-state index contributed by atoms with van der Waals surface area (Å²) in [5.41, 5.74) is 0. The molecule has 0 amide bonds. The third kappa shape index (κ3) is 5.90. The maximum Gasteiger partial charge on any atom is 0.191 e. The molecule has 23 heavy (non-hydrogen) atoms. The first kappa shape index (κ1) is 17.9. The second kappa shape index (κ2) is 9.60. The van der Waals surface area contributed by atoms with Gasteiger partial charge in [0.25, 0.3) is 0 Å². The van der Waals surface area contributed by atoms with Gasteiger partial charge in [-0.1, -0.05) is 25.7 Å². The van der Waals surface area contributed by atoms with Crippen molar-refractivity contribution in [3.8, 4) is 0 Å². The molecule has 0 aromatic carbocycles. The molecule has 0 aliphatic heterocycles. The van der Waals surface area contributed by atoms with Crippen molar-refractivity contribution < 1.29 is 4.42 Å². The molecular weight excluding hydrogens is 288 g/mol. The number of nitrogens with one attached hydrogen (secondary N) is 2. The Balaban J connectivity index is 1.69. The monoisotopic (exact) mass is 320 g/mol. The fourth-order valence-electron chi connectivity index (χ4n) is 3.33. The average molecular weight is 320 g/mol. The first-order valence-corrected chi connectivity index (χ1v) is 8.85. The summed E-state index contributed by atoms with van der Waals surface area (Å²) in [7, 11) is 5.95. The van der Waals surface area contributed by atoms with Crippen molar-refractivity contribution >= 4 is 5.96 Å². The zero-order valence-electron chi connectivity index (χ0n) is 14.8. The van der Waals surface area contributed by atoms with E-state index in [9.17, 15) is 0 Å². The minimum absolute atomic E-state index is 0.196. The van der Waals surface area contributed by atoms with Crippen LogP contribution in [0.5, 0.6) is 0 Å². The van der Waals surface area contributed by atoms with E-state index in [-0.39, 0.29) is 6.04 Å². The van der Waals surface area contributed by atoms with Gasteiger partial charge in [0, 0.05) is 20.1 Å². The molecule has 0 spiro atoms. The highest BCUT2D eigenvalue weighted by molar-refractivity contribution is 5.79. The molecule has 5 heteroatoms. The Labute approximate surface area is 140 Å². The average Bonchev–Trinajstić information content (AvgIpc) is 3.22. The van der Waals surface area contributed by atoms with Gasteiger partial charge in [-0.2, -0.15) is 0 Å². The van der Waals surface area contributed by atoms with E-state index in [4.69, 9.17) is 4.42 Å². The third-order valence-electron chi connectivity index (χ3n) is 4.74. The van der Waals surface area contributed by atoms with E-state index in [1.165, 1.54) is 38.5 Å². The van der Waals surface area contributed by atoms with Crippen molar-refractivity contribution in [1.29, 1.82) is 0 Å². The molecular formula is C18H32N4O. The summed E-state index contributed by atoms with van der Waals surface area (Å²) in [5, 5.41) is 6.83. The van der Waals surface area contributed by atoms with Crippen molar-refractivity contribution in [2.24, 2.45) is 10.9 Å². The number of aliphatic imine (C=N–C) groups is 1. The lowest BCUT2D eigenvalue weighted by Crippen LogP contribution is -2.42. The molecule has 1 heterocycles. The number of hydrogen-bond donors (Lipinski definition) is 2. The molecule has 1 aromatic heterocycles. The molecule has 1 atom stereocenters. The van der Waals surface area contributed by atoms with Crippen LogP contribution < -0.4 is 10.6 Å². The van der Waals surface area contributed by atoms with Gasteiger partial charge < -0.3 is 15.1 Å². The zero-order chi connectivity index (χ0) is 16.5. The van der Waals surface area contributed by atoms with Crippen LogP contribution in [0.3, 0.4) is 0 Å². The van der Waals surface area contributed by atoms with Gasteiger partial charge in [-0.05, 0) is 45.0 Å². The van der Waals surface area contributed by atoms with Gasteiger partial charge in [0.1, 0.15) is 5.76 Å². The van der Waals surface area contributed by atoms with E-state index >= 15 is 0 Å². The minimum atomic E-state index is 0.196. The normalized spacial score (nSPS) is 17.7. The van der Waals surface area contributed by atoms with Crippen molar-refractivity contribution in [1.82, 2.24) is 15.5 Å². The summed E-state index contributed by atoms with van der Waals surface area (Å²) in [5.74, 6) is 2.80. The molecule has 1 aliphatic carbocycles. The van der Waals surface area contributed by atoms with E-state index in [1.54, 1.807) is 6.26 Å². The van der Waals surface area contributed by atoms with Gasteiger partial charge in [-0.15, -0.1) is 0 Å². The Bertz CT molecular complexity index is 450. The van der Waals surface area contributed by atoms with Crippen LogP contribution in [-0.4, -0.2) is 45.1 Å². The third-order valence-corrected chi connectivity index (χ3v) is 4.74. The van der Waals surface area contributed by atoms with Crippen molar-refractivity contribution in [3.05, 3.63) is 24.2 Å². The molecule has 1 fully saturated rings. The molecule has 0 bridgehead atoms. The highest BCUT2D eigenvalue weighted by Crippen LogP contribution is 2.28. The number of nitrogens with zero attached hydrogens (tertiary/aromatic N) is 2. The van der Waals surface area contributed by atoms with Crippen LogP contribution in [0, 0.1) is 5.92 Å². The summed E-state index contributed by atoms with van der Waals surface area (Å²) in [6, 6.07) is 4.15. The Morgan fingerprint density at radius 2 is 2.13 bits per heavy atom. The second-order valence-corrected chi connectivity index (χ2v) is 6.67. The quantitative estimate of drug-likeness (QED) is 0.439. The van der Waals surface area contributed by atoms with Crippen molar-refractivity contribution in [2.45, 2.75) is 44.6 Å². The molecule has 2 rings (SSSR count). The number of hydrogen-bond acceptors (Lipinski definition) is 3. The topological polar surface area (TPSA) is 52.8 Å². The lowest BCUT2D eigenvalue weighted by Gasteiger charge is -2.23. The first-order chi connectivity index (χ1) is 11.2. The highest BCUT2D eigenvalue weighted by atomic mass is 16.3. The standard InChI is InChI=1S/C18H32N4O/c1-19-18(20-12-6-10-15-8-4-5-9-15)21-14-16(22(2)3)17-11-7-13-23-17/h7,11,13,15-16H,4-6,8-10,12,14H2,1-3H3,(H2,19,20,21). The molecule has 0 radical (unpaired) electrons. The van der Waals surface area contributed by atoms with Gasteiger partial charge in [-0.3, -0.25) is 9.89 Å². The van der Waals surface area contributed by atoms with Gasteiger partial charge in [0.2, 0.25) is 0 Å². The SMILES string of the molecule is CN=C(NCCCC1CCCC1)NCC(c1ccco1)N(C)C. The van der Waals surface area contributed by atoms with E-state index in [1.807, 2.05) is 19.2 Å². The molecule has 130 valence electrons. The number of likely N-dealkylation sites (N-methyl/N-ethyl adjacent to an activating group) is 1. The summed E-state index contributed by atoms with van der Waals surface area (Å²) in [4.78, 5) is 6.47. The fraction of sp³-hybridized carbons (Fsp3) is 0.722. The summed E-state index contributed by atoms with van der Waals surface area (Å²) in [6.45, 7) is 1.76. The maximum atomic E-state index is 5.54. The van der Waals surface area contributed by atoms with Crippen LogP contribution in [0.1, 0.15) is 50.3 Å². The van der Waals surface area contributed by atoms with E-state index in [0.717, 1.165) is 30.7 Å². The van der Waals surface area contributed by atoms with Crippen LogP contribution in [0.4, 0.5) is 0 Å². The molecule has 1 aromatic rings. The zero-order valence-corrected chi connectivity index (χ0v) is 14.8. The predicted octanol–water partition coefficient (Wildman–Crippen LogP) is 3.02. The first-order valence-electron chi connectivity index (χ1n) is 8.85. The summed E-state index contributed by atoms with van der Waals surface area (Å²) < 4.78 is 5.54. The molecule has 1 unspecified atom stereocenters. The van der Waals surface area contributed by atoms with Crippen LogP contribution in [0.25, 0.3) is 0 Å².